The predicted molar refractivity (Wildman–Crippen MR) is 62.7 cm³/mol. The first kappa shape index (κ1) is 10.1. The molecule has 88 valence electrons. The molecule has 3 rings (SSSR count). The van der Waals surface area contributed by atoms with Crippen molar-refractivity contribution in [1.29, 1.82) is 0 Å². The van der Waals surface area contributed by atoms with E-state index in [-0.39, 0.29) is 16.9 Å². The number of nitrogens with zero attached hydrogens (tertiary/aromatic N) is 1. The number of aromatic nitrogens is 2. The number of nitrogens with two attached hydrogens (primary N) is 1. The maximum Gasteiger partial charge on any atom is 0.294 e. The van der Waals surface area contributed by atoms with Crippen LogP contribution in [-0.2, 0) is 0 Å². The summed E-state index contributed by atoms with van der Waals surface area (Å²) in [6.07, 6.45) is 2.06. The molecule has 0 bridgehead atoms. The Balaban J connectivity index is 2.18. The lowest BCUT2D eigenvalue weighted by atomic mass is 10.2. The first-order chi connectivity index (χ1) is 8.18. The fourth-order valence-electron chi connectivity index (χ4n) is 1.95. The van der Waals surface area contributed by atoms with Gasteiger partial charge in [0.1, 0.15) is 17.2 Å². The van der Waals surface area contributed by atoms with E-state index >= 15 is 0 Å². The van der Waals surface area contributed by atoms with Gasteiger partial charge in [-0.3, -0.25) is 9.89 Å². The smallest absolute Gasteiger partial charge is 0.294 e. The molecule has 1 aromatic heterocycles. The molecule has 1 saturated carbocycles. The summed E-state index contributed by atoms with van der Waals surface area (Å²) >= 11 is 0. The van der Waals surface area contributed by atoms with Crippen molar-refractivity contribution < 1.29 is 4.39 Å². The second-order valence-electron chi connectivity index (χ2n) is 4.31. The first-order valence-corrected chi connectivity index (χ1v) is 5.54. The summed E-state index contributed by atoms with van der Waals surface area (Å²) in [7, 11) is 0. The van der Waals surface area contributed by atoms with E-state index in [0.717, 1.165) is 18.5 Å². The molecule has 0 atom stereocenters. The van der Waals surface area contributed by atoms with Crippen molar-refractivity contribution in [3.05, 3.63) is 46.1 Å². The van der Waals surface area contributed by atoms with Crippen molar-refractivity contribution in [3.63, 3.8) is 0 Å². The Hall–Kier alpha value is -2.04. The molecule has 0 saturated heterocycles. The zero-order valence-electron chi connectivity index (χ0n) is 9.11. The van der Waals surface area contributed by atoms with E-state index in [1.54, 1.807) is 18.2 Å². The van der Waals surface area contributed by atoms with Crippen LogP contribution in [0.3, 0.4) is 0 Å². The maximum absolute atomic E-state index is 13.6. The van der Waals surface area contributed by atoms with Gasteiger partial charge in [-0.05, 0) is 25.0 Å². The number of benzene rings is 1. The maximum atomic E-state index is 13.6. The van der Waals surface area contributed by atoms with E-state index in [1.165, 1.54) is 10.7 Å². The minimum atomic E-state index is -0.446. The fourth-order valence-corrected chi connectivity index (χ4v) is 1.95. The molecule has 4 nitrogen and oxygen atoms in total. The second kappa shape index (κ2) is 3.48. The lowest BCUT2D eigenvalue weighted by Gasteiger charge is -2.02. The summed E-state index contributed by atoms with van der Waals surface area (Å²) < 4.78 is 14.8. The second-order valence-corrected chi connectivity index (χ2v) is 4.31. The summed E-state index contributed by atoms with van der Waals surface area (Å²) in [6, 6.07) is 6.12. The van der Waals surface area contributed by atoms with E-state index in [2.05, 4.69) is 5.10 Å². The minimum Gasteiger partial charge on any atom is -0.393 e. The Bertz CT molecular complexity index is 625. The van der Waals surface area contributed by atoms with Gasteiger partial charge in [0, 0.05) is 5.92 Å². The summed E-state index contributed by atoms with van der Waals surface area (Å²) in [5.41, 5.74) is 6.51. The van der Waals surface area contributed by atoms with Crippen molar-refractivity contribution in [2.45, 2.75) is 18.8 Å². The Morgan fingerprint density at radius 3 is 2.71 bits per heavy atom. The van der Waals surface area contributed by atoms with Crippen LogP contribution in [0, 0.1) is 5.82 Å². The largest absolute Gasteiger partial charge is 0.393 e. The number of para-hydroxylation sites is 1. The Kier molecular flexibility index (Phi) is 2.07. The normalized spacial score (nSPS) is 15.1. The third-order valence-corrected chi connectivity index (χ3v) is 3.03. The summed E-state index contributed by atoms with van der Waals surface area (Å²) in [4.78, 5) is 11.9. The zero-order chi connectivity index (χ0) is 12.0. The van der Waals surface area contributed by atoms with Gasteiger partial charge < -0.3 is 5.73 Å². The highest BCUT2D eigenvalue weighted by Crippen LogP contribution is 2.40. The molecule has 1 aliphatic carbocycles. The Morgan fingerprint density at radius 2 is 2.06 bits per heavy atom. The number of halogens is 1. The number of hydrogen-bond acceptors (Lipinski definition) is 2. The molecule has 0 aliphatic heterocycles. The average Bonchev–Trinajstić information content (AvgIpc) is 3.11. The van der Waals surface area contributed by atoms with E-state index in [0.29, 0.717) is 5.92 Å². The monoisotopic (exact) mass is 233 g/mol. The van der Waals surface area contributed by atoms with Crippen LogP contribution < -0.4 is 11.3 Å². The molecule has 1 aromatic carbocycles. The van der Waals surface area contributed by atoms with Gasteiger partial charge in [-0.2, -0.15) is 0 Å². The van der Waals surface area contributed by atoms with Crippen LogP contribution in [0.25, 0.3) is 5.69 Å². The molecule has 1 aliphatic rings. The Morgan fingerprint density at radius 1 is 1.35 bits per heavy atom. The molecule has 0 unspecified atom stereocenters. The van der Waals surface area contributed by atoms with Crippen LogP contribution >= 0.6 is 0 Å². The van der Waals surface area contributed by atoms with Gasteiger partial charge in [-0.15, -0.1) is 0 Å². The van der Waals surface area contributed by atoms with Crippen LogP contribution in [0.1, 0.15) is 24.5 Å². The molecule has 0 spiro atoms. The fraction of sp³-hybridized carbons (Fsp3) is 0.250. The molecule has 1 heterocycles. The lowest BCUT2D eigenvalue weighted by molar-refractivity contribution is 0.607. The minimum absolute atomic E-state index is 0.204. The van der Waals surface area contributed by atoms with Crippen molar-refractivity contribution >= 4 is 5.69 Å². The SMILES string of the molecule is Nc1c(C2CC2)[nH]n(-c2ccccc2F)c1=O. The van der Waals surface area contributed by atoms with Crippen LogP contribution in [-0.4, -0.2) is 9.78 Å². The van der Waals surface area contributed by atoms with Crippen LogP contribution in [0.15, 0.2) is 29.1 Å². The van der Waals surface area contributed by atoms with Crippen molar-refractivity contribution in [2.24, 2.45) is 0 Å². The quantitative estimate of drug-likeness (QED) is 0.830. The van der Waals surface area contributed by atoms with Gasteiger partial charge >= 0.3 is 0 Å². The molecule has 0 radical (unpaired) electrons. The lowest BCUT2D eigenvalue weighted by Crippen LogP contribution is -2.17. The molecule has 3 N–H and O–H groups in total. The summed E-state index contributed by atoms with van der Waals surface area (Å²) in [6.45, 7) is 0. The zero-order valence-corrected chi connectivity index (χ0v) is 9.11. The molecule has 2 aromatic rings. The molecule has 17 heavy (non-hydrogen) atoms. The third-order valence-electron chi connectivity index (χ3n) is 3.03. The van der Waals surface area contributed by atoms with Crippen molar-refractivity contribution in [2.75, 3.05) is 5.73 Å². The molecule has 0 amide bonds. The topological polar surface area (TPSA) is 63.8 Å². The molecule has 1 fully saturated rings. The van der Waals surface area contributed by atoms with Gasteiger partial charge in [0.25, 0.3) is 5.56 Å². The first-order valence-electron chi connectivity index (χ1n) is 5.54. The predicted octanol–water partition coefficient (Wildman–Crippen LogP) is 1.76. The number of nitrogen functional groups attached to an aromatic ring is 1. The summed E-state index contributed by atoms with van der Waals surface area (Å²) in [5, 5.41) is 2.91. The van der Waals surface area contributed by atoms with Gasteiger partial charge in [-0.25, -0.2) is 9.07 Å². The third kappa shape index (κ3) is 1.54. The average molecular weight is 233 g/mol. The summed E-state index contributed by atoms with van der Waals surface area (Å²) in [5.74, 6) is -0.117. The van der Waals surface area contributed by atoms with E-state index in [1.807, 2.05) is 0 Å². The van der Waals surface area contributed by atoms with Gasteiger partial charge in [0.05, 0.1) is 5.69 Å². The Labute approximate surface area is 96.9 Å². The molecular weight excluding hydrogens is 221 g/mol. The van der Waals surface area contributed by atoms with Crippen LogP contribution in [0.2, 0.25) is 0 Å². The van der Waals surface area contributed by atoms with E-state index < -0.39 is 5.82 Å². The highest BCUT2D eigenvalue weighted by Gasteiger charge is 2.29. The number of hydrogen-bond donors (Lipinski definition) is 2. The molecular formula is C12H12FN3O. The van der Waals surface area contributed by atoms with Crippen LogP contribution in [0.4, 0.5) is 10.1 Å². The number of rotatable bonds is 2. The standard InChI is InChI=1S/C12H12FN3O/c13-8-3-1-2-4-9(8)16-12(17)10(14)11(15-16)7-5-6-7/h1-4,7,15H,5-6,14H2. The number of anilines is 1. The van der Waals surface area contributed by atoms with Gasteiger partial charge in [0.15, 0.2) is 0 Å². The molecule has 5 heteroatoms. The van der Waals surface area contributed by atoms with Crippen molar-refractivity contribution in [1.82, 2.24) is 9.78 Å². The van der Waals surface area contributed by atoms with Crippen molar-refractivity contribution in [3.8, 4) is 5.69 Å². The highest BCUT2D eigenvalue weighted by molar-refractivity contribution is 5.47. The van der Waals surface area contributed by atoms with Gasteiger partial charge in [-0.1, -0.05) is 12.1 Å². The highest BCUT2D eigenvalue weighted by atomic mass is 19.1. The number of nitrogens with one attached hydrogen (secondary N) is 1. The van der Waals surface area contributed by atoms with Crippen LogP contribution in [0.5, 0.6) is 0 Å². The van der Waals surface area contributed by atoms with E-state index in [4.69, 9.17) is 5.73 Å². The van der Waals surface area contributed by atoms with E-state index in [9.17, 15) is 9.18 Å². The number of H-pyrrole nitrogens is 1. The van der Waals surface area contributed by atoms with Gasteiger partial charge in [0.2, 0.25) is 0 Å². The number of aromatic amines is 1.